The molecule has 0 unspecified atom stereocenters. The van der Waals surface area contributed by atoms with E-state index >= 15 is 0 Å². The monoisotopic (exact) mass is 361 g/mol. The number of thiophene rings is 1. The predicted molar refractivity (Wildman–Crippen MR) is 109 cm³/mol. The first-order valence-electron chi connectivity index (χ1n) is 7.84. The molecule has 122 valence electrons. The van der Waals surface area contributed by atoms with Gasteiger partial charge in [-0.15, -0.1) is 11.3 Å². The van der Waals surface area contributed by atoms with Gasteiger partial charge in [-0.25, -0.2) is 4.98 Å². The van der Waals surface area contributed by atoms with Gasteiger partial charge in [-0.2, -0.15) is 5.10 Å². The first-order valence-corrected chi connectivity index (χ1v) is 9.54. The maximum absolute atomic E-state index is 4.77. The number of thiazole rings is 1. The molecule has 3 nitrogen and oxygen atoms in total. The van der Waals surface area contributed by atoms with Crippen LogP contribution in [0.1, 0.15) is 4.88 Å². The van der Waals surface area contributed by atoms with Crippen LogP contribution in [0.5, 0.6) is 0 Å². The predicted octanol–water partition coefficient (Wildman–Crippen LogP) is 5.98. The second-order valence-corrected chi connectivity index (χ2v) is 7.29. The summed E-state index contributed by atoms with van der Waals surface area (Å²) in [6.45, 7) is 0. The van der Waals surface area contributed by atoms with Crippen LogP contribution in [0.3, 0.4) is 0 Å². The zero-order chi connectivity index (χ0) is 16.9. The van der Waals surface area contributed by atoms with Crippen LogP contribution >= 0.6 is 22.7 Å². The summed E-state index contributed by atoms with van der Waals surface area (Å²) >= 11 is 3.27. The van der Waals surface area contributed by atoms with Crippen molar-refractivity contribution in [2.75, 3.05) is 5.43 Å². The van der Waals surface area contributed by atoms with E-state index in [1.54, 1.807) is 22.7 Å². The summed E-state index contributed by atoms with van der Waals surface area (Å²) < 4.78 is 0. The molecule has 0 radical (unpaired) electrons. The molecule has 0 aliphatic heterocycles. The third-order valence-electron chi connectivity index (χ3n) is 3.61. The van der Waals surface area contributed by atoms with Crippen LogP contribution in [0.4, 0.5) is 5.13 Å². The second-order valence-electron chi connectivity index (χ2n) is 5.31. The fourth-order valence-corrected chi connectivity index (χ4v) is 3.99. The highest BCUT2D eigenvalue weighted by atomic mass is 32.1. The van der Waals surface area contributed by atoms with Gasteiger partial charge in [0, 0.05) is 10.4 Å². The molecule has 5 heteroatoms. The molecule has 0 atom stereocenters. The van der Waals surface area contributed by atoms with Gasteiger partial charge in [-0.05, 0) is 17.0 Å². The Morgan fingerprint density at radius 2 is 1.56 bits per heavy atom. The zero-order valence-electron chi connectivity index (χ0n) is 13.3. The van der Waals surface area contributed by atoms with Crippen molar-refractivity contribution >= 4 is 34.0 Å². The third-order valence-corrected chi connectivity index (χ3v) is 5.42. The molecule has 4 rings (SSSR count). The Morgan fingerprint density at radius 1 is 0.840 bits per heavy atom. The Hall–Kier alpha value is -2.76. The molecule has 2 heterocycles. The molecule has 25 heavy (non-hydrogen) atoms. The van der Waals surface area contributed by atoms with Crippen LogP contribution in [0.2, 0.25) is 0 Å². The number of nitrogens with one attached hydrogen (secondary N) is 1. The Bertz CT molecular complexity index is 902. The molecule has 0 saturated heterocycles. The molecular weight excluding hydrogens is 346 g/mol. The molecule has 2 aromatic heterocycles. The lowest BCUT2D eigenvalue weighted by Crippen LogP contribution is -1.88. The number of rotatable bonds is 5. The molecule has 4 aromatic rings. The topological polar surface area (TPSA) is 37.3 Å². The van der Waals surface area contributed by atoms with Gasteiger partial charge < -0.3 is 0 Å². The average molecular weight is 361 g/mol. The summed E-state index contributed by atoms with van der Waals surface area (Å²) in [5, 5.41) is 7.13. The van der Waals surface area contributed by atoms with Gasteiger partial charge in [0.1, 0.15) is 0 Å². The Labute approximate surface area is 154 Å². The van der Waals surface area contributed by atoms with E-state index in [-0.39, 0.29) is 0 Å². The number of hydrogen-bond acceptors (Lipinski definition) is 5. The standard InChI is InChI=1S/C20H15N3S2/c1-3-8-15(9-4-1)18-19(16-10-5-2-6-11-16)25-20(22-18)23-21-14-17-12-7-13-24-17/h1-14H,(H,22,23)/b21-14-. The third kappa shape index (κ3) is 3.68. The first kappa shape index (κ1) is 15.7. The molecular formula is C20H15N3S2. The maximum atomic E-state index is 4.77. The lowest BCUT2D eigenvalue weighted by molar-refractivity contribution is 1.29. The molecule has 0 spiro atoms. The van der Waals surface area contributed by atoms with Crippen molar-refractivity contribution in [1.29, 1.82) is 0 Å². The maximum Gasteiger partial charge on any atom is 0.204 e. The molecule has 1 N–H and O–H groups in total. The second kappa shape index (κ2) is 7.42. The first-order chi connectivity index (χ1) is 12.4. The van der Waals surface area contributed by atoms with E-state index in [2.05, 4.69) is 34.8 Å². The number of nitrogens with zero attached hydrogens (tertiary/aromatic N) is 2. The van der Waals surface area contributed by atoms with Crippen molar-refractivity contribution in [1.82, 2.24) is 4.98 Å². The SMILES string of the molecule is C(=N/Nc1nc(-c2ccccc2)c(-c2ccccc2)s1)/c1cccs1. The van der Waals surface area contributed by atoms with E-state index in [1.165, 1.54) is 0 Å². The number of hydrazone groups is 1. The summed E-state index contributed by atoms with van der Waals surface area (Å²) in [7, 11) is 0. The van der Waals surface area contributed by atoms with E-state index in [0.717, 1.165) is 31.7 Å². The largest absolute Gasteiger partial charge is 0.253 e. The number of hydrogen-bond donors (Lipinski definition) is 1. The highest BCUT2D eigenvalue weighted by Gasteiger charge is 2.14. The number of benzene rings is 2. The van der Waals surface area contributed by atoms with Gasteiger partial charge >= 0.3 is 0 Å². The van der Waals surface area contributed by atoms with Gasteiger partial charge in [-0.3, -0.25) is 5.43 Å². The molecule has 0 aliphatic rings. The van der Waals surface area contributed by atoms with Crippen LogP contribution in [0, 0.1) is 0 Å². The van der Waals surface area contributed by atoms with E-state index < -0.39 is 0 Å². The molecule has 0 bridgehead atoms. The van der Waals surface area contributed by atoms with Gasteiger partial charge in [0.15, 0.2) is 0 Å². The van der Waals surface area contributed by atoms with Gasteiger partial charge in [0.25, 0.3) is 0 Å². The lowest BCUT2D eigenvalue weighted by Gasteiger charge is -2.02. The number of aromatic nitrogens is 1. The van der Waals surface area contributed by atoms with Crippen molar-refractivity contribution in [3.8, 4) is 21.7 Å². The summed E-state index contributed by atoms with van der Waals surface area (Å²) in [5.74, 6) is 0. The quantitative estimate of drug-likeness (QED) is 0.350. The molecule has 0 aliphatic carbocycles. The van der Waals surface area contributed by atoms with Crippen LogP contribution in [0.25, 0.3) is 21.7 Å². The van der Waals surface area contributed by atoms with E-state index in [9.17, 15) is 0 Å². The molecule has 0 fully saturated rings. The average Bonchev–Trinajstić information content (AvgIpc) is 3.33. The molecule has 0 saturated carbocycles. The smallest absolute Gasteiger partial charge is 0.204 e. The number of anilines is 1. The fraction of sp³-hybridized carbons (Fsp3) is 0. The fourth-order valence-electron chi connectivity index (χ4n) is 2.46. The zero-order valence-corrected chi connectivity index (χ0v) is 14.9. The Balaban J connectivity index is 1.68. The van der Waals surface area contributed by atoms with Gasteiger partial charge in [0.2, 0.25) is 5.13 Å². The van der Waals surface area contributed by atoms with Crippen molar-refractivity contribution in [3.05, 3.63) is 83.1 Å². The Kier molecular flexibility index (Phi) is 4.68. The minimum Gasteiger partial charge on any atom is -0.253 e. The van der Waals surface area contributed by atoms with Gasteiger partial charge in [-0.1, -0.05) is 78.1 Å². The Morgan fingerprint density at radius 3 is 2.24 bits per heavy atom. The highest BCUT2D eigenvalue weighted by Crippen LogP contribution is 2.38. The summed E-state index contributed by atoms with van der Waals surface area (Å²) in [6, 6.07) is 24.6. The molecule has 0 amide bonds. The summed E-state index contributed by atoms with van der Waals surface area (Å²) in [5.41, 5.74) is 6.31. The van der Waals surface area contributed by atoms with Crippen molar-refractivity contribution in [2.24, 2.45) is 5.10 Å². The minimum absolute atomic E-state index is 0.783. The van der Waals surface area contributed by atoms with E-state index in [1.807, 2.05) is 60.1 Å². The van der Waals surface area contributed by atoms with Crippen molar-refractivity contribution in [2.45, 2.75) is 0 Å². The van der Waals surface area contributed by atoms with Crippen LogP contribution in [0.15, 0.2) is 83.3 Å². The summed E-state index contributed by atoms with van der Waals surface area (Å²) in [6.07, 6.45) is 1.82. The normalized spacial score (nSPS) is 11.0. The van der Waals surface area contributed by atoms with Crippen molar-refractivity contribution in [3.63, 3.8) is 0 Å². The van der Waals surface area contributed by atoms with Crippen LogP contribution < -0.4 is 5.43 Å². The highest BCUT2D eigenvalue weighted by molar-refractivity contribution is 7.19. The van der Waals surface area contributed by atoms with E-state index in [4.69, 9.17) is 4.98 Å². The van der Waals surface area contributed by atoms with Gasteiger partial charge in [0.05, 0.1) is 16.8 Å². The summed E-state index contributed by atoms with van der Waals surface area (Å²) in [4.78, 5) is 7.02. The van der Waals surface area contributed by atoms with Crippen LogP contribution in [-0.2, 0) is 0 Å². The minimum atomic E-state index is 0.783. The lowest BCUT2D eigenvalue weighted by atomic mass is 10.1. The van der Waals surface area contributed by atoms with Crippen molar-refractivity contribution < 1.29 is 0 Å². The van der Waals surface area contributed by atoms with Crippen LogP contribution in [-0.4, -0.2) is 11.2 Å². The van der Waals surface area contributed by atoms with E-state index in [0.29, 0.717) is 0 Å². The molecule has 2 aromatic carbocycles.